The van der Waals surface area contributed by atoms with E-state index in [1.165, 1.54) is 0 Å². The van der Waals surface area contributed by atoms with Gasteiger partial charge in [0.15, 0.2) is 0 Å². The Morgan fingerprint density at radius 2 is 2.08 bits per heavy atom. The molecule has 0 amide bonds. The molecule has 0 unspecified atom stereocenters. The lowest BCUT2D eigenvalue weighted by Gasteiger charge is -2.11. The van der Waals surface area contributed by atoms with E-state index in [4.69, 9.17) is 14.4 Å². The molecular formula is C18H20N4O2. The van der Waals surface area contributed by atoms with Crippen LogP contribution >= 0.6 is 0 Å². The molecule has 1 heterocycles. The van der Waals surface area contributed by atoms with Crippen LogP contribution < -0.4 is 10.2 Å². The fourth-order valence-electron chi connectivity index (χ4n) is 1.76. The smallest absolute Gasteiger partial charge is 0.252 e. The van der Waals surface area contributed by atoms with Gasteiger partial charge in [0.25, 0.3) is 5.88 Å². The van der Waals surface area contributed by atoms with E-state index < -0.39 is 0 Å². The van der Waals surface area contributed by atoms with Gasteiger partial charge < -0.3 is 9.15 Å². The zero-order chi connectivity index (χ0) is 17.6. The number of oxazole rings is 1. The topological polar surface area (TPSA) is 83.4 Å². The Morgan fingerprint density at radius 3 is 2.67 bits per heavy atom. The number of hydrogen-bond donors (Lipinski definition) is 1. The average molecular weight is 324 g/mol. The summed E-state index contributed by atoms with van der Waals surface area (Å²) in [4.78, 5) is 4.18. The second kappa shape index (κ2) is 7.47. The Hall–Kier alpha value is -3.07. The van der Waals surface area contributed by atoms with Gasteiger partial charge in [0.2, 0.25) is 11.6 Å². The van der Waals surface area contributed by atoms with Crippen LogP contribution in [0.2, 0.25) is 0 Å². The first-order valence-corrected chi connectivity index (χ1v) is 7.48. The van der Waals surface area contributed by atoms with Gasteiger partial charge in [-0.25, -0.2) is 5.43 Å². The van der Waals surface area contributed by atoms with E-state index in [2.05, 4.69) is 22.1 Å². The second-order valence-corrected chi connectivity index (χ2v) is 6.10. The molecule has 0 aliphatic carbocycles. The molecule has 0 bridgehead atoms. The number of rotatable bonds is 6. The van der Waals surface area contributed by atoms with Crippen molar-refractivity contribution in [3.05, 3.63) is 54.1 Å². The summed E-state index contributed by atoms with van der Waals surface area (Å²) in [6, 6.07) is 9.43. The van der Waals surface area contributed by atoms with Crippen molar-refractivity contribution in [3.8, 4) is 11.8 Å². The quantitative estimate of drug-likeness (QED) is 0.495. The molecule has 1 aromatic carbocycles. The highest BCUT2D eigenvalue weighted by molar-refractivity contribution is 5.80. The molecule has 0 saturated heterocycles. The summed E-state index contributed by atoms with van der Waals surface area (Å²) in [5.41, 5.74) is 3.51. The Bertz CT molecular complexity index is 762. The first-order chi connectivity index (χ1) is 11.4. The Kier molecular flexibility index (Phi) is 5.38. The maximum Gasteiger partial charge on any atom is 0.252 e. The van der Waals surface area contributed by atoms with Crippen molar-refractivity contribution in [1.29, 1.82) is 5.26 Å². The molecule has 0 fully saturated rings. The molecular weight excluding hydrogens is 304 g/mol. The third kappa shape index (κ3) is 4.46. The summed E-state index contributed by atoms with van der Waals surface area (Å²) >= 11 is 0. The predicted octanol–water partition coefficient (Wildman–Crippen LogP) is 3.85. The first kappa shape index (κ1) is 17.3. The zero-order valence-electron chi connectivity index (χ0n) is 14.0. The van der Waals surface area contributed by atoms with Crippen molar-refractivity contribution in [2.45, 2.75) is 26.2 Å². The molecule has 0 spiro atoms. The number of aromatic nitrogens is 1. The molecule has 1 aromatic heterocycles. The summed E-state index contributed by atoms with van der Waals surface area (Å²) < 4.78 is 11.0. The number of benzene rings is 1. The molecule has 24 heavy (non-hydrogen) atoms. The molecule has 0 aliphatic heterocycles. The average Bonchev–Trinajstić information content (AvgIpc) is 2.97. The van der Waals surface area contributed by atoms with Crippen molar-refractivity contribution in [1.82, 2.24) is 4.98 Å². The molecule has 2 aromatic rings. The molecule has 0 aliphatic rings. The van der Waals surface area contributed by atoms with Crippen molar-refractivity contribution < 1.29 is 9.15 Å². The van der Waals surface area contributed by atoms with Crippen LogP contribution in [0.25, 0.3) is 0 Å². The third-order valence-electron chi connectivity index (χ3n) is 3.00. The van der Waals surface area contributed by atoms with Gasteiger partial charge in [-0.3, -0.25) is 0 Å². The normalized spacial score (nSPS) is 11.2. The van der Waals surface area contributed by atoms with Crippen LogP contribution in [0.1, 0.15) is 37.9 Å². The molecule has 1 N–H and O–H groups in total. The summed E-state index contributed by atoms with van der Waals surface area (Å²) in [6.07, 6.45) is 3.31. The lowest BCUT2D eigenvalue weighted by molar-refractivity contribution is 0.363. The maximum atomic E-state index is 9.13. The summed E-state index contributed by atoms with van der Waals surface area (Å²) in [7, 11) is 0. The second-order valence-electron chi connectivity index (χ2n) is 6.10. The number of anilines is 1. The zero-order valence-corrected chi connectivity index (χ0v) is 14.0. The van der Waals surface area contributed by atoms with E-state index in [1.807, 2.05) is 51.1 Å². The van der Waals surface area contributed by atoms with Gasteiger partial charge in [-0.1, -0.05) is 33.4 Å². The lowest BCUT2D eigenvalue weighted by Crippen LogP contribution is -2.11. The van der Waals surface area contributed by atoms with Crippen LogP contribution in [0.4, 0.5) is 5.88 Å². The van der Waals surface area contributed by atoms with Gasteiger partial charge in [0, 0.05) is 5.41 Å². The Morgan fingerprint density at radius 1 is 1.38 bits per heavy atom. The van der Waals surface area contributed by atoms with Gasteiger partial charge >= 0.3 is 0 Å². The number of nitrogens with zero attached hydrogens (tertiary/aromatic N) is 3. The number of nitrogens with one attached hydrogen (secondary N) is 1. The van der Waals surface area contributed by atoms with Crippen LogP contribution in [0.5, 0.6) is 5.75 Å². The molecule has 0 saturated carbocycles. The highest BCUT2D eigenvalue weighted by Gasteiger charge is 2.23. The number of hydrogen-bond acceptors (Lipinski definition) is 6. The van der Waals surface area contributed by atoms with Crippen molar-refractivity contribution in [3.63, 3.8) is 0 Å². The minimum absolute atomic E-state index is 0.185. The van der Waals surface area contributed by atoms with Crippen LogP contribution in [0.15, 0.2) is 46.4 Å². The summed E-state index contributed by atoms with van der Waals surface area (Å²) in [5.74, 6) is 1.49. The van der Waals surface area contributed by atoms with E-state index in [0.717, 1.165) is 11.3 Å². The van der Waals surface area contributed by atoms with E-state index in [1.54, 1.807) is 12.3 Å². The molecule has 0 radical (unpaired) electrons. The Balaban J connectivity index is 2.05. The molecule has 6 heteroatoms. The maximum absolute atomic E-state index is 9.13. The van der Waals surface area contributed by atoms with E-state index in [0.29, 0.717) is 12.5 Å². The number of nitriles is 1. The van der Waals surface area contributed by atoms with Crippen molar-refractivity contribution >= 4 is 12.1 Å². The van der Waals surface area contributed by atoms with Crippen molar-refractivity contribution in [2.24, 2.45) is 5.10 Å². The standard InChI is InChI=1S/C18H20N4O2/c1-5-10-23-14-8-6-13(7-9-14)12-20-22-16-15(11-19)21-17(24-16)18(2,3)4/h5-9,12,22H,1,10H2,2-4H3. The van der Waals surface area contributed by atoms with E-state index in [9.17, 15) is 0 Å². The highest BCUT2D eigenvalue weighted by Crippen LogP contribution is 2.26. The molecule has 6 nitrogen and oxygen atoms in total. The number of hydrazone groups is 1. The van der Waals surface area contributed by atoms with Crippen LogP contribution in [-0.4, -0.2) is 17.8 Å². The number of ether oxygens (including phenoxy) is 1. The first-order valence-electron chi connectivity index (χ1n) is 7.48. The largest absolute Gasteiger partial charge is 0.490 e. The van der Waals surface area contributed by atoms with Crippen LogP contribution in [-0.2, 0) is 5.41 Å². The van der Waals surface area contributed by atoms with Gasteiger partial charge in [0.05, 0.1) is 6.21 Å². The summed E-state index contributed by atoms with van der Waals surface area (Å²) in [6.45, 7) is 9.95. The van der Waals surface area contributed by atoms with Gasteiger partial charge in [-0.15, -0.1) is 0 Å². The predicted molar refractivity (Wildman–Crippen MR) is 93.3 cm³/mol. The Labute approximate surface area is 141 Å². The van der Waals surface area contributed by atoms with E-state index in [-0.39, 0.29) is 17.0 Å². The molecule has 2 rings (SSSR count). The third-order valence-corrected chi connectivity index (χ3v) is 3.00. The van der Waals surface area contributed by atoms with Gasteiger partial charge in [0.1, 0.15) is 18.4 Å². The fraction of sp³-hybridized carbons (Fsp3) is 0.278. The van der Waals surface area contributed by atoms with Crippen molar-refractivity contribution in [2.75, 3.05) is 12.0 Å². The molecule has 124 valence electrons. The molecule has 0 atom stereocenters. The fourth-order valence-corrected chi connectivity index (χ4v) is 1.76. The van der Waals surface area contributed by atoms with Gasteiger partial charge in [-0.2, -0.15) is 15.3 Å². The SMILES string of the molecule is C=CCOc1ccc(C=NNc2oc(C(C)(C)C)nc2C#N)cc1. The summed E-state index contributed by atoms with van der Waals surface area (Å²) in [5, 5.41) is 13.2. The van der Waals surface area contributed by atoms with E-state index >= 15 is 0 Å². The van der Waals surface area contributed by atoms with Crippen LogP contribution in [0, 0.1) is 11.3 Å². The minimum atomic E-state index is -0.281. The van der Waals surface area contributed by atoms with Gasteiger partial charge in [-0.05, 0) is 29.8 Å². The monoisotopic (exact) mass is 324 g/mol. The highest BCUT2D eigenvalue weighted by atomic mass is 16.5. The van der Waals surface area contributed by atoms with Crippen LogP contribution in [0.3, 0.4) is 0 Å². The lowest BCUT2D eigenvalue weighted by atomic mass is 9.97. The minimum Gasteiger partial charge on any atom is -0.490 e.